The summed E-state index contributed by atoms with van der Waals surface area (Å²) in [4.78, 5) is 13.6. The highest BCUT2D eigenvalue weighted by Gasteiger charge is 2.40. The Hall–Kier alpha value is -3.63. The van der Waals surface area contributed by atoms with E-state index in [9.17, 15) is 18.3 Å². The summed E-state index contributed by atoms with van der Waals surface area (Å²) in [6.07, 6.45) is 0. The molecule has 0 unspecified atom stereocenters. The lowest BCUT2D eigenvalue weighted by molar-refractivity contribution is -0.133. The van der Waals surface area contributed by atoms with Crippen molar-refractivity contribution in [3.63, 3.8) is 0 Å². The molecular weight excluding hydrogens is 478 g/mol. The van der Waals surface area contributed by atoms with Crippen molar-refractivity contribution < 1.29 is 32.5 Å². The number of hydrogen-bond acceptors (Lipinski definition) is 7. The molecule has 0 radical (unpaired) electrons. The van der Waals surface area contributed by atoms with Crippen LogP contribution in [-0.2, 0) is 21.4 Å². The topological polar surface area (TPSA) is 102 Å². The van der Waals surface area contributed by atoms with E-state index in [2.05, 4.69) is 0 Å². The fourth-order valence-corrected chi connectivity index (χ4v) is 6.69. The molecule has 5 rings (SSSR count). The minimum atomic E-state index is -4.12. The lowest BCUT2D eigenvalue weighted by atomic mass is 10.1. The smallest absolute Gasteiger partial charge is 0.354 e. The molecule has 2 aliphatic rings. The van der Waals surface area contributed by atoms with Gasteiger partial charge in [-0.3, -0.25) is 4.31 Å². The number of hydrogen-bond donors (Lipinski definition) is 1. The van der Waals surface area contributed by atoms with E-state index in [1.54, 1.807) is 60.7 Å². The zero-order chi connectivity index (χ0) is 23.9. The summed E-state index contributed by atoms with van der Waals surface area (Å²) in [5.74, 6) is 0.428. The van der Waals surface area contributed by atoms with Gasteiger partial charge in [-0.25, -0.2) is 13.2 Å². The van der Waals surface area contributed by atoms with Gasteiger partial charge in [0, 0.05) is 10.5 Å². The Balaban J connectivity index is 1.64. The summed E-state index contributed by atoms with van der Waals surface area (Å²) in [6.45, 7) is -0.0310. The molecule has 34 heavy (non-hydrogen) atoms. The monoisotopic (exact) mass is 497 g/mol. The predicted molar refractivity (Wildman–Crippen MR) is 125 cm³/mol. The molecule has 0 spiro atoms. The summed E-state index contributed by atoms with van der Waals surface area (Å²) in [6, 6.07) is 18.5. The Bertz CT molecular complexity index is 1420. The van der Waals surface area contributed by atoms with Crippen molar-refractivity contribution in [2.75, 3.05) is 13.9 Å². The third kappa shape index (κ3) is 3.84. The van der Waals surface area contributed by atoms with Crippen LogP contribution in [0.1, 0.15) is 11.1 Å². The molecule has 0 saturated heterocycles. The van der Waals surface area contributed by atoms with E-state index in [-0.39, 0.29) is 23.9 Å². The highest BCUT2D eigenvalue weighted by Crippen LogP contribution is 2.47. The Morgan fingerprint density at radius 2 is 1.79 bits per heavy atom. The first kappa shape index (κ1) is 22.2. The van der Waals surface area contributed by atoms with Crippen molar-refractivity contribution in [1.29, 1.82) is 0 Å². The van der Waals surface area contributed by atoms with Gasteiger partial charge in [-0.2, -0.15) is 0 Å². The molecule has 0 aromatic heterocycles. The summed E-state index contributed by atoms with van der Waals surface area (Å²) in [5, 5.41) is 10.2. The fourth-order valence-electron chi connectivity index (χ4n) is 3.79. The van der Waals surface area contributed by atoms with Gasteiger partial charge < -0.3 is 19.3 Å². The highest BCUT2D eigenvalue weighted by atomic mass is 32.2. The number of rotatable bonds is 6. The van der Waals surface area contributed by atoms with Gasteiger partial charge in [0.25, 0.3) is 10.0 Å². The number of sulfonamides is 1. The van der Waals surface area contributed by atoms with Crippen LogP contribution in [0.15, 0.2) is 82.2 Å². The summed E-state index contributed by atoms with van der Waals surface area (Å²) in [5.41, 5.74) is 0.653. The van der Waals surface area contributed by atoms with E-state index >= 15 is 0 Å². The molecule has 3 aromatic carbocycles. The SMILES string of the molecule is COc1ccc(CN2C(C(=O)O)=C(Sc3ccc4c(c3)OCO4)c3ccccc3S2(=O)=O)cc1. The van der Waals surface area contributed by atoms with E-state index in [0.29, 0.717) is 38.2 Å². The number of benzene rings is 3. The molecule has 0 fully saturated rings. The second-order valence-electron chi connectivity index (χ2n) is 7.46. The largest absolute Gasteiger partial charge is 0.497 e. The van der Waals surface area contributed by atoms with Crippen molar-refractivity contribution >= 4 is 32.7 Å². The van der Waals surface area contributed by atoms with Gasteiger partial charge in [0.15, 0.2) is 17.2 Å². The standard InChI is InChI=1S/C24H19NO7S2/c1-30-16-8-6-15(7-9-16)13-25-22(24(26)27)23(18-4-2-3-5-21(18)34(25,28)29)33-17-10-11-19-20(12-17)32-14-31-19/h2-12H,13-14H2,1H3,(H,26,27). The summed E-state index contributed by atoms with van der Waals surface area (Å²) >= 11 is 1.17. The molecule has 0 amide bonds. The molecule has 0 bridgehead atoms. The molecular formula is C24H19NO7S2. The first-order chi connectivity index (χ1) is 16.4. The number of carbonyl (C=O) groups is 1. The van der Waals surface area contributed by atoms with Gasteiger partial charge in [0.2, 0.25) is 6.79 Å². The average molecular weight is 498 g/mol. The number of carboxylic acids is 1. The molecule has 8 nitrogen and oxygen atoms in total. The van der Waals surface area contributed by atoms with Crippen molar-refractivity contribution in [2.45, 2.75) is 16.3 Å². The fraction of sp³-hybridized carbons (Fsp3) is 0.125. The molecule has 2 heterocycles. The number of aliphatic carboxylic acids is 1. The van der Waals surface area contributed by atoms with Crippen LogP contribution in [0.4, 0.5) is 0 Å². The molecule has 0 aliphatic carbocycles. The third-order valence-corrected chi connectivity index (χ3v) is 8.33. The Labute approximate surface area is 200 Å². The number of nitrogens with zero attached hydrogens (tertiary/aromatic N) is 1. The maximum Gasteiger partial charge on any atom is 0.354 e. The summed E-state index contributed by atoms with van der Waals surface area (Å²) in [7, 11) is -2.59. The van der Waals surface area contributed by atoms with Crippen LogP contribution >= 0.6 is 11.8 Å². The molecule has 3 aromatic rings. The van der Waals surface area contributed by atoms with Crippen LogP contribution < -0.4 is 14.2 Å². The minimum Gasteiger partial charge on any atom is -0.497 e. The van der Waals surface area contributed by atoms with Crippen LogP contribution in [0.2, 0.25) is 0 Å². The lowest BCUT2D eigenvalue weighted by Gasteiger charge is -2.32. The second-order valence-corrected chi connectivity index (χ2v) is 10.4. The van der Waals surface area contributed by atoms with E-state index in [1.165, 1.54) is 24.9 Å². The number of ether oxygens (including phenoxy) is 3. The Morgan fingerprint density at radius 1 is 1.06 bits per heavy atom. The van der Waals surface area contributed by atoms with E-state index in [4.69, 9.17) is 14.2 Å². The first-order valence-corrected chi connectivity index (χ1v) is 12.4. The molecule has 0 atom stereocenters. The van der Waals surface area contributed by atoms with Gasteiger partial charge in [-0.05, 0) is 42.0 Å². The quantitative estimate of drug-likeness (QED) is 0.541. The van der Waals surface area contributed by atoms with Gasteiger partial charge in [0.05, 0.1) is 23.5 Å². The number of methoxy groups -OCH3 is 1. The minimum absolute atomic E-state index is 0.0526. The van der Waals surface area contributed by atoms with E-state index < -0.39 is 16.0 Å². The normalized spacial score (nSPS) is 15.7. The van der Waals surface area contributed by atoms with Gasteiger partial charge in [0.1, 0.15) is 5.75 Å². The second kappa shape index (κ2) is 8.62. The first-order valence-electron chi connectivity index (χ1n) is 10.2. The van der Waals surface area contributed by atoms with Crippen LogP contribution in [0.5, 0.6) is 17.2 Å². The zero-order valence-corrected chi connectivity index (χ0v) is 19.6. The molecule has 2 aliphatic heterocycles. The highest BCUT2D eigenvalue weighted by molar-refractivity contribution is 8.08. The number of thioether (sulfide) groups is 1. The lowest BCUT2D eigenvalue weighted by Crippen LogP contribution is -2.37. The maximum atomic E-state index is 13.6. The van der Waals surface area contributed by atoms with E-state index in [0.717, 1.165) is 4.31 Å². The molecule has 174 valence electrons. The molecule has 1 N–H and O–H groups in total. The number of fused-ring (bicyclic) bond motifs is 2. The third-order valence-electron chi connectivity index (χ3n) is 5.42. The Morgan fingerprint density at radius 3 is 2.53 bits per heavy atom. The van der Waals surface area contributed by atoms with Crippen LogP contribution in [0.3, 0.4) is 0 Å². The number of carboxylic acid groups (broad SMARTS) is 1. The van der Waals surface area contributed by atoms with Crippen LogP contribution in [0.25, 0.3) is 4.91 Å². The van der Waals surface area contributed by atoms with Gasteiger partial charge in [-0.1, -0.05) is 42.1 Å². The zero-order valence-electron chi connectivity index (χ0n) is 17.9. The molecule has 0 saturated carbocycles. The van der Waals surface area contributed by atoms with Crippen LogP contribution in [-0.4, -0.2) is 37.7 Å². The Kier molecular flexibility index (Phi) is 5.62. The van der Waals surface area contributed by atoms with E-state index in [1.807, 2.05) is 0 Å². The van der Waals surface area contributed by atoms with Gasteiger partial charge >= 0.3 is 5.97 Å². The average Bonchev–Trinajstić information content (AvgIpc) is 3.30. The predicted octanol–water partition coefficient (Wildman–Crippen LogP) is 4.17. The van der Waals surface area contributed by atoms with Gasteiger partial charge in [-0.15, -0.1) is 0 Å². The molecule has 10 heteroatoms. The van der Waals surface area contributed by atoms with Crippen molar-refractivity contribution in [3.05, 3.63) is 83.6 Å². The van der Waals surface area contributed by atoms with Crippen molar-refractivity contribution in [2.24, 2.45) is 0 Å². The summed E-state index contributed by atoms with van der Waals surface area (Å²) < 4.78 is 44.0. The van der Waals surface area contributed by atoms with Crippen LogP contribution in [0, 0.1) is 0 Å². The van der Waals surface area contributed by atoms with Crippen molar-refractivity contribution in [3.8, 4) is 17.2 Å². The maximum absolute atomic E-state index is 13.6. The van der Waals surface area contributed by atoms with Crippen molar-refractivity contribution in [1.82, 2.24) is 4.31 Å².